The maximum Gasteiger partial charge on any atom is 0.321 e. The van der Waals surface area contributed by atoms with Gasteiger partial charge in [-0.15, -0.1) is 0 Å². The monoisotopic (exact) mass is 417 g/mol. The van der Waals surface area contributed by atoms with Gasteiger partial charge in [0.1, 0.15) is 17.9 Å². The van der Waals surface area contributed by atoms with Gasteiger partial charge in [-0.2, -0.15) is 0 Å². The van der Waals surface area contributed by atoms with Crippen molar-refractivity contribution in [3.63, 3.8) is 0 Å². The molecule has 0 saturated carbocycles. The second-order valence-electron chi connectivity index (χ2n) is 7.77. The van der Waals surface area contributed by atoms with E-state index in [9.17, 15) is 4.79 Å². The molecule has 0 unspecified atom stereocenters. The van der Waals surface area contributed by atoms with Crippen LogP contribution < -0.4 is 15.0 Å². The molecule has 0 radical (unpaired) electrons. The standard InChI is InChI=1S/C24H27N5O2/c1-17-12-18(2)14-20(13-17)27-24(30)29-10-8-28(9-11-29)23-15-22(25-16-26-23)19-4-6-21(31-3)7-5-19/h4-7,12-16H,8-11H2,1-3H3,(H,27,30). The van der Waals surface area contributed by atoms with E-state index < -0.39 is 0 Å². The smallest absolute Gasteiger partial charge is 0.321 e. The number of ether oxygens (including phenoxy) is 1. The van der Waals surface area contributed by atoms with Crippen molar-refractivity contribution in [2.45, 2.75) is 13.8 Å². The lowest BCUT2D eigenvalue weighted by Crippen LogP contribution is -2.50. The Morgan fingerprint density at radius 1 is 0.935 bits per heavy atom. The summed E-state index contributed by atoms with van der Waals surface area (Å²) in [7, 11) is 1.65. The lowest BCUT2D eigenvalue weighted by atomic mass is 10.1. The molecule has 160 valence electrons. The highest BCUT2D eigenvalue weighted by molar-refractivity contribution is 5.89. The van der Waals surface area contributed by atoms with Crippen molar-refractivity contribution >= 4 is 17.5 Å². The summed E-state index contributed by atoms with van der Waals surface area (Å²) in [4.78, 5) is 25.6. The van der Waals surface area contributed by atoms with E-state index in [4.69, 9.17) is 4.74 Å². The molecule has 0 spiro atoms. The van der Waals surface area contributed by atoms with Gasteiger partial charge in [-0.1, -0.05) is 6.07 Å². The second-order valence-corrected chi connectivity index (χ2v) is 7.77. The van der Waals surface area contributed by atoms with Crippen molar-refractivity contribution in [1.29, 1.82) is 0 Å². The molecule has 31 heavy (non-hydrogen) atoms. The molecule has 2 amide bonds. The Bertz CT molecular complexity index is 1040. The first kappa shape index (κ1) is 20.7. The van der Waals surface area contributed by atoms with E-state index >= 15 is 0 Å². The van der Waals surface area contributed by atoms with E-state index in [1.807, 2.05) is 61.2 Å². The molecule has 2 heterocycles. The molecule has 1 aliphatic heterocycles. The lowest BCUT2D eigenvalue weighted by Gasteiger charge is -2.35. The van der Waals surface area contributed by atoms with Crippen LogP contribution in [0.5, 0.6) is 5.75 Å². The van der Waals surface area contributed by atoms with Gasteiger partial charge in [0.05, 0.1) is 12.8 Å². The van der Waals surface area contributed by atoms with Crippen molar-refractivity contribution in [2.24, 2.45) is 0 Å². The number of amides is 2. The summed E-state index contributed by atoms with van der Waals surface area (Å²) in [6.07, 6.45) is 1.59. The zero-order valence-corrected chi connectivity index (χ0v) is 18.1. The number of anilines is 2. The topological polar surface area (TPSA) is 70.6 Å². The van der Waals surface area contributed by atoms with Crippen LogP contribution in [0.15, 0.2) is 54.9 Å². The third-order valence-corrected chi connectivity index (χ3v) is 5.40. The van der Waals surface area contributed by atoms with E-state index in [0.29, 0.717) is 13.1 Å². The highest BCUT2D eigenvalue weighted by Gasteiger charge is 2.22. The molecular weight excluding hydrogens is 390 g/mol. The van der Waals surface area contributed by atoms with E-state index in [2.05, 4.69) is 26.3 Å². The van der Waals surface area contributed by atoms with Gasteiger partial charge in [-0.05, 0) is 61.4 Å². The van der Waals surface area contributed by atoms with Crippen LogP contribution in [-0.2, 0) is 0 Å². The summed E-state index contributed by atoms with van der Waals surface area (Å²) in [5.41, 5.74) is 4.98. The molecule has 2 aromatic carbocycles. The summed E-state index contributed by atoms with van der Waals surface area (Å²) in [5.74, 6) is 1.68. The van der Waals surface area contributed by atoms with Crippen molar-refractivity contribution in [2.75, 3.05) is 43.5 Å². The van der Waals surface area contributed by atoms with Crippen molar-refractivity contribution in [3.8, 4) is 17.0 Å². The number of rotatable bonds is 4. The Morgan fingerprint density at radius 3 is 2.26 bits per heavy atom. The molecule has 1 saturated heterocycles. The number of urea groups is 1. The van der Waals surface area contributed by atoms with Crippen LogP contribution in [0.3, 0.4) is 0 Å². The van der Waals surface area contributed by atoms with Crippen molar-refractivity contribution in [1.82, 2.24) is 14.9 Å². The molecule has 1 fully saturated rings. The van der Waals surface area contributed by atoms with E-state index in [0.717, 1.165) is 52.7 Å². The summed E-state index contributed by atoms with van der Waals surface area (Å²) in [6.45, 7) is 6.78. The largest absolute Gasteiger partial charge is 0.497 e. The number of hydrogen-bond donors (Lipinski definition) is 1. The number of hydrogen-bond acceptors (Lipinski definition) is 5. The van der Waals surface area contributed by atoms with Gasteiger partial charge >= 0.3 is 6.03 Å². The Balaban J connectivity index is 1.38. The fourth-order valence-electron chi connectivity index (χ4n) is 3.83. The summed E-state index contributed by atoms with van der Waals surface area (Å²) >= 11 is 0. The highest BCUT2D eigenvalue weighted by Crippen LogP contribution is 2.24. The van der Waals surface area contributed by atoms with Crippen LogP contribution in [-0.4, -0.2) is 54.2 Å². The minimum absolute atomic E-state index is 0.0636. The number of aryl methyl sites for hydroxylation is 2. The molecule has 1 aromatic heterocycles. The van der Waals surface area contributed by atoms with Gasteiger partial charge in [0.2, 0.25) is 0 Å². The number of piperazine rings is 1. The summed E-state index contributed by atoms with van der Waals surface area (Å²) in [5, 5.41) is 3.02. The molecule has 7 heteroatoms. The second kappa shape index (κ2) is 9.04. The maximum absolute atomic E-state index is 12.7. The van der Waals surface area contributed by atoms with Crippen LogP contribution in [0.4, 0.5) is 16.3 Å². The Morgan fingerprint density at radius 2 is 1.61 bits per heavy atom. The molecule has 0 atom stereocenters. The maximum atomic E-state index is 12.7. The van der Waals surface area contributed by atoms with E-state index in [1.165, 1.54) is 0 Å². The quantitative estimate of drug-likeness (QED) is 0.691. The van der Waals surface area contributed by atoms with Crippen LogP contribution in [0.1, 0.15) is 11.1 Å². The normalized spacial score (nSPS) is 13.8. The Kier molecular flexibility index (Phi) is 6.02. The minimum Gasteiger partial charge on any atom is -0.497 e. The van der Waals surface area contributed by atoms with Crippen molar-refractivity contribution in [3.05, 3.63) is 66.0 Å². The minimum atomic E-state index is -0.0636. The van der Waals surface area contributed by atoms with E-state index in [-0.39, 0.29) is 6.03 Å². The molecule has 0 bridgehead atoms. The van der Waals surface area contributed by atoms with Crippen LogP contribution in [0.25, 0.3) is 11.3 Å². The van der Waals surface area contributed by atoms with Crippen LogP contribution in [0.2, 0.25) is 0 Å². The molecular formula is C24H27N5O2. The highest BCUT2D eigenvalue weighted by atomic mass is 16.5. The molecule has 1 aliphatic rings. The number of methoxy groups -OCH3 is 1. The Labute approximate surface area is 182 Å². The van der Waals surface area contributed by atoms with Gasteiger partial charge in [0.15, 0.2) is 0 Å². The van der Waals surface area contributed by atoms with Gasteiger partial charge in [0, 0.05) is 43.5 Å². The number of carbonyl (C=O) groups excluding carboxylic acids is 1. The van der Waals surface area contributed by atoms with Gasteiger partial charge in [-0.3, -0.25) is 0 Å². The average molecular weight is 418 g/mol. The van der Waals surface area contributed by atoms with Gasteiger partial charge in [-0.25, -0.2) is 14.8 Å². The zero-order chi connectivity index (χ0) is 21.8. The first-order valence-electron chi connectivity index (χ1n) is 10.4. The van der Waals surface area contributed by atoms with Crippen LogP contribution in [0, 0.1) is 13.8 Å². The third-order valence-electron chi connectivity index (χ3n) is 5.40. The molecule has 7 nitrogen and oxygen atoms in total. The fourth-order valence-corrected chi connectivity index (χ4v) is 3.83. The molecule has 4 rings (SSSR count). The average Bonchev–Trinajstić information content (AvgIpc) is 2.78. The SMILES string of the molecule is COc1ccc(-c2cc(N3CCN(C(=O)Nc4cc(C)cc(C)c4)CC3)ncn2)cc1. The first-order chi connectivity index (χ1) is 15.0. The van der Waals surface area contributed by atoms with Gasteiger partial charge in [0.25, 0.3) is 0 Å². The number of aromatic nitrogens is 2. The predicted octanol–water partition coefficient (Wildman–Crippen LogP) is 4.12. The predicted molar refractivity (Wildman–Crippen MR) is 123 cm³/mol. The fraction of sp³-hybridized carbons (Fsp3) is 0.292. The van der Waals surface area contributed by atoms with Crippen molar-refractivity contribution < 1.29 is 9.53 Å². The zero-order valence-electron chi connectivity index (χ0n) is 18.1. The number of benzene rings is 2. The first-order valence-corrected chi connectivity index (χ1v) is 10.4. The Hall–Kier alpha value is -3.61. The van der Waals surface area contributed by atoms with Crippen LogP contribution >= 0.6 is 0 Å². The molecule has 3 aromatic rings. The molecule has 1 N–H and O–H groups in total. The van der Waals surface area contributed by atoms with Gasteiger partial charge < -0.3 is 19.9 Å². The summed E-state index contributed by atoms with van der Waals surface area (Å²) < 4.78 is 5.22. The lowest BCUT2D eigenvalue weighted by molar-refractivity contribution is 0.208. The number of nitrogens with zero attached hydrogens (tertiary/aromatic N) is 4. The summed E-state index contributed by atoms with van der Waals surface area (Å²) in [6, 6.07) is 15.8. The van der Waals surface area contributed by atoms with E-state index in [1.54, 1.807) is 13.4 Å². The number of nitrogens with one attached hydrogen (secondary N) is 1. The third kappa shape index (κ3) is 4.94. The molecule has 0 aliphatic carbocycles. The number of carbonyl (C=O) groups is 1.